The number of benzene rings is 4. The lowest BCUT2D eigenvalue weighted by Crippen LogP contribution is -1.89. The van der Waals surface area contributed by atoms with Crippen molar-refractivity contribution in [1.29, 1.82) is 5.26 Å². The van der Waals surface area contributed by atoms with E-state index in [1.54, 1.807) is 6.07 Å². The molecule has 0 heterocycles. The van der Waals surface area contributed by atoms with Gasteiger partial charge in [0.2, 0.25) is 0 Å². The highest BCUT2D eigenvalue weighted by Gasteiger charge is 2.09. The van der Waals surface area contributed by atoms with E-state index in [4.69, 9.17) is 11.0 Å². The Kier molecular flexibility index (Phi) is 3.64. The zero-order valence-electron chi connectivity index (χ0n) is 12.4. The molecule has 0 aliphatic rings. The van der Waals surface area contributed by atoms with E-state index >= 15 is 0 Å². The predicted octanol–water partition coefficient (Wildman–Crippen LogP) is 5.26. The Bertz CT molecular complexity index is 965. The Morgan fingerprint density at radius 1 is 0.682 bits per heavy atom. The number of nitrogen functional groups attached to an aromatic ring is 1. The molecule has 2 nitrogen and oxygen atoms in total. The van der Waals surface area contributed by atoms with E-state index in [1.807, 2.05) is 12.1 Å². The van der Waals surface area contributed by atoms with Gasteiger partial charge in [0.1, 0.15) is 0 Å². The monoisotopic (exact) mass is 284 g/mol. The van der Waals surface area contributed by atoms with Crippen LogP contribution in [0.1, 0.15) is 6.92 Å². The van der Waals surface area contributed by atoms with Crippen molar-refractivity contribution >= 4 is 38.0 Å². The average Bonchev–Trinajstić information content (AvgIpc) is 2.56. The summed E-state index contributed by atoms with van der Waals surface area (Å²) >= 11 is 0. The van der Waals surface area contributed by atoms with Crippen molar-refractivity contribution in [2.24, 2.45) is 0 Å². The maximum absolute atomic E-state index is 7.32. The molecule has 4 aromatic rings. The van der Waals surface area contributed by atoms with Gasteiger partial charge < -0.3 is 5.73 Å². The molecular formula is C20H16N2. The summed E-state index contributed by atoms with van der Waals surface area (Å²) in [5.74, 6) is 0. The lowest BCUT2D eigenvalue weighted by atomic mass is 9.94. The van der Waals surface area contributed by atoms with Crippen LogP contribution < -0.4 is 5.73 Å². The lowest BCUT2D eigenvalue weighted by Gasteiger charge is -2.11. The second-order valence-corrected chi connectivity index (χ2v) is 5.08. The summed E-state index contributed by atoms with van der Waals surface area (Å²) in [6, 6.07) is 24.9. The van der Waals surface area contributed by atoms with Crippen molar-refractivity contribution in [3.8, 4) is 6.07 Å². The van der Waals surface area contributed by atoms with Gasteiger partial charge in [-0.3, -0.25) is 0 Å². The minimum atomic E-state index is 0.847. The highest BCUT2D eigenvalue weighted by atomic mass is 14.5. The first-order valence-electron chi connectivity index (χ1n) is 7.16. The number of nitriles is 1. The molecule has 0 saturated heterocycles. The summed E-state index contributed by atoms with van der Waals surface area (Å²) in [6.45, 7) is 1.43. The van der Waals surface area contributed by atoms with E-state index in [0.717, 1.165) is 11.1 Å². The van der Waals surface area contributed by atoms with Crippen molar-refractivity contribution in [3.63, 3.8) is 0 Å². The fourth-order valence-corrected chi connectivity index (χ4v) is 2.98. The van der Waals surface area contributed by atoms with Crippen LogP contribution in [0.5, 0.6) is 0 Å². The molecule has 0 spiro atoms. The van der Waals surface area contributed by atoms with Crippen LogP contribution in [0.15, 0.2) is 66.7 Å². The first kappa shape index (κ1) is 13.9. The van der Waals surface area contributed by atoms with Crippen LogP contribution in [0.3, 0.4) is 0 Å². The Morgan fingerprint density at radius 3 is 1.55 bits per heavy atom. The average molecular weight is 284 g/mol. The molecule has 0 aliphatic carbocycles. The van der Waals surface area contributed by atoms with Crippen molar-refractivity contribution < 1.29 is 0 Å². The quantitative estimate of drug-likeness (QED) is 0.354. The van der Waals surface area contributed by atoms with Crippen LogP contribution in [-0.2, 0) is 0 Å². The van der Waals surface area contributed by atoms with Gasteiger partial charge in [0.25, 0.3) is 0 Å². The largest absolute Gasteiger partial charge is 0.398 e. The Balaban J connectivity index is 0.000000446. The van der Waals surface area contributed by atoms with Crippen molar-refractivity contribution in [1.82, 2.24) is 0 Å². The van der Waals surface area contributed by atoms with Gasteiger partial charge in [-0.25, -0.2) is 0 Å². The van der Waals surface area contributed by atoms with Crippen LogP contribution in [-0.4, -0.2) is 0 Å². The number of hydrogen-bond acceptors (Lipinski definition) is 2. The number of hydrogen-bond donors (Lipinski definition) is 1. The smallest absolute Gasteiger partial charge is 0.0587 e. The second-order valence-electron chi connectivity index (χ2n) is 5.08. The van der Waals surface area contributed by atoms with Gasteiger partial charge in [-0.2, -0.15) is 5.26 Å². The van der Waals surface area contributed by atoms with E-state index in [9.17, 15) is 0 Å². The van der Waals surface area contributed by atoms with E-state index in [0.29, 0.717) is 0 Å². The van der Waals surface area contributed by atoms with Crippen LogP contribution in [0.4, 0.5) is 5.69 Å². The maximum Gasteiger partial charge on any atom is 0.0587 e. The van der Waals surface area contributed by atoms with Gasteiger partial charge in [-0.15, -0.1) is 0 Å². The normalized spacial score (nSPS) is 10.2. The molecule has 0 aromatic heterocycles. The molecule has 0 atom stereocenters. The summed E-state index contributed by atoms with van der Waals surface area (Å²) < 4.78 is 0. The number of nitrogens with two attached hydrogens (primary N) is 1. The van der Waals surface area contributed by atoms with Gasteiger partial charge in [-0.05, 0) is 33.0 Å². The third kappa shape index (κ3) is 2.13. The molecule has 0 bridgehead atoms. The number of nitrogens with zero attached hydrogens (tertiary/aromatic N) is 1. The van der Waals surface area contributed by atoms with E-state index in [2.05, 4.69) is 54.6 Å². The molecule has 0 radical (unpaired) electrons. The molecule has 2 N–H and O–H groups in total. The van der Waals surface area contributed by atoms with Crippen LogP contribution in [0, 0.1) is 11.3 Å². The van der Waals surface area contributed by atoms with Crippen LogP contribution in [0.25, 0.3) is 32.3 Å². The summed E-state index contributed by atoms with van der Waals surface area (Å²) in [5.41, 5.74) is 7.06. The minimum absolute atomic E-state index is 0.847. The highest BCUT2D eigenvalue weighted by molar-refractivity contribution is 6.27. The Labute approximate surface area is 129 Å². The number of fused-ring (bicyclic) bond motifs is 6. The lowest BCUT2D eigenvalue weighted by molar-refractivity contribution is 1.49. The molecule has 0 saturated carbocycles. The molecule has 4 rings (SSSR count). The fraction of sp³-hybridized carbons (Fsp3) is 0.0500. The molecule has 106 valence electrons. The van der Waals surface area contributed by atoms with Gasteiger partial charge >= 0.3 is 0 Å². The van der Waals surface area contributed by atoms with E-state index < -0.39 is 0 Å². The molecule has 4 aromatic carbocycles. The Hall–Kier alpha value is -3.05. The van der Waals surface area contributed by atoms with E-state index in [1.165, 1.54) is 33.9 Å². The number of rotatable bonds is 0. The SMILES string of the molecule is CC#N.Nc1cccc2c3ccccc3c3ccccc3c12. The topological polar surface area (TPSA) is 49.8 Å². The number of anilines is 1. The maximum atomic E-state index is 7.32. The third-order valence-electron chi connectivity index (χ3n) is 3.80. The van der Waals surface area contributed by atoms with Crippen molar-refractivity contribution in [3.05, 3.63) is 66.7 Å². The van der Waals surface area contributed by atoms with Crippen molar-refractivity contribution in [2.75, 3.05) is 5.73 Å². The standard InChI is InChI=1S/C18H13N.C2H3N/c19-17-11-5-10-16-14-7-2-1-6-12(14)13-8-3-4-9-15(13)18(16)17;1-2-3/h1-11H,19H2;1H3. The van der Waals surface area contributed by atoms with Gasteiger partial charge in [0.05, 0.1) is 6.07 Å². The van der Waals surface area contributed by atoms with Gasteiger partial charge in [0, 0.05) is 18.0 Å². The summed E-state index contributed by atoms with van der Waals surface area (Å²) in [5, 5.41) is 14.8. The molecule has 0 amide bonds. The van der Waals surface area contributed by atoms with Crippen LogP contribution in [0.2, 0.25) is 0 Å². The van der Waals surface area contributed by atoms with Gasteiger partial charge in [0.15, 0.2) is 0 Å². The first-order chi connectivity index (χ1) is 10.8. The van der Waals surface area contributed by atoms with E-state index in [-0.39, 0.29) is 0 Å². The highest BCUT2D eigenvalue weighted by Crippen LogP contribution is 2.37. The minimum Gasteiger partial charge on any atom is -0.398 e. The Morgan fingerprint density at radius 2 is 1.05 bits per heavy atom. The molecule has 0 aliphatic heterocycles. The molecule has 22 heavy (non-hydrogen) atoms. The zero-order chi connectivity index (χ0) is 15.5. The molecule has 0 unspecified atom stereocenters. The molecule has 2 heteroatoms. The van der Waals surface area contributed by atoms with Crippen molar-refractivity contribution in [2.45, 2.75) is 6.92 Å². The molecule has 0 fully saturated rings. The zero-order valence-corrected chi connectivity index (χ0v) is 12.4. The summed E-state index contributed by atoms with van der Waals surface area (Å²) in [6.07, 6.45) is 0. The fourth-order valence-electron chi connectivity index (χ4n) is 2.98. The third-order valence-corrected chi connectivity index (χ3v) is 3.80. The first-order valence-corrected chi connectivity index (χ1v) is 7.16. The summed E-state index contributed by atoms with van der Waals surface area (Å²) in [4.78, 5) is 0. The molecular weight excluding hydrogens is 268 g/mol. The van der Waals surface area contributed by atoms with Crippen LogP contribution >= 0.6 is 0 Å². The predicted molar refractivity (Wildman–Crippen MR) is 94.7 cm³/mol. The van der Waals surface area contributed by atoms with Gasteiger partial charge in [-0.1, -0.05) is 60.7 Å². The second kappa shape index (κ2) is 5.75. The summed E-state index contributed by atoms with van der Waals surface area (Å²) in [7, 11) is 0.